The van der Waals surface area contributed by atoms with E-state index in [0.29, 0.717) is 5.56 Å². The Kier molecular flexibility index (Phi) is 2.03. The van der Waals surface area contributed by atoms with E-state index in [9.17, 15) is 4.79 Å². The van der Waals surface area contributed by atoms with Crippen LogP contribution in [0.15, 0.2) is 24.3 Å². The lowest BCUT2D eigenvalue weighted by Crippen LogP contribution is -2.04. The second kappa shape index (κ2) is 5.27. The minimum Gasteiger partial charge on any atom is -0.494 e. The van der Waals surface area contributed by atoms with Gasteiger partial charge in [-0.1, -0.05) is 12.1 Å². The van der Waals surface area contributed by atoms with Crippen molar-refractivity contribution in [3.8, 4) is 5.75 Å². The van der Waals surface area contributed by atoms with Crippen LogP contribution in [-0.4, -0.2) is 19.6 Å². The Morgan fingerprint density at radius 1 is 1.50 bits per heavy atom. The average Bonchev–Trinajstić information content (AvgIpc) is 2.29. The van der Waals surface area contributed by atoms with Crippen molar-refractivity contribution in [2.24, 2.45) is 0 Å². The zero-order chi connectivity index (χ0) is 14.7. The molecular weight excluding hydrogens is 180 g/mol. The van der Waals surface area contributed by atoms with Crippen molar-refractivity contribution in [2.75, 3.05) is 13.7 Å². The third-order valence-corrected chi connectivity index (χ3v) is 1.67. The molecule has 1 aromatic rings. The summed E-state index contributed by atoms with van der Waals surface area (Å²) in [6.07, 6.45) is 0.0863. The summed E-state index contributed by atoms with van der Waals surface area (Å²) < 4.78 is 45.0. The first kappa shape index (κ1) is 5.39. The third kappa shape index (κ3) is 3.09. The standard InChI is InChI=1S/C11H14O3/c1-3-14-10-6-4-9(5-7-10)8-11(12)13-2/h4-7H,3,8H2,1-2H3/i1D3,3D2. The van der Waals surface area contributed by atoms with Gasteiger partial charge in [0.2, 0.25) is 0 Å². The number of esters is 1. The van der Waals surface area contributed by atoms with Crippen molar-refractivity contribution in [2.45, 2.75) is 13.3 Å². The maximum atomic E-state index is 11.0. The summed E-state index contributed by atoms with van der Waals surface area (Å²) in [4.78, 5) is 11.0. The highest BCUT2D eigenvalue weighted by Gasteiger charge is 2.02. The minimum absolute atomic E-state index is 0.0785. The van der Waals surface area contributed by atoms with Crippen LogP contribution in [0.2, 0.25) is 0 Å². The molecule has 14 heavy (non-hydrogen) atoms. The van der Waals surface area contributed by atoms with Gasteiger partial charge in [0.25, 0.3) is 0 Å². The molecule has 0 bridgehead atoms. The molecule has 76 valence electrons. The minimum atomic E-state index is -2.88. The van der Waals surface area contributed by atoms with Crippen molar-refractivity contribution in [1.29, 1.82) is 0 Å². The molecule has 1 aromatic carbocycles. The van der Waals surface area contributed by atoms with Crippen molar-refractivity contribution >= 4 is 5.97 Å². The SMILES string of the molecule is [2H]C([2H])([2H])C([2H])([2H])Oc1ccc(CC(=O)OC)cc1. The van der Waals surface area contributed by atoms with Crippen molar-refractivity contribution in [3.05, 3.63) is 29.8 Å². The molecule has 0 aliphatic heterocycles. The van der Waals surface area contributed by atoms with E-state index >= 15 is 0 Å². The largest absolute Gasteiger partial charge is 0.494 e. The Labute approximate surface area is 90.7 Å². The van der Waals surface area contributed by atoms with Crippen molar-refractivity contribution in [3.63, 3.8) is 0 Å². The van der Waals surface area contributed by atoms with Crippen LogP contribution in [0.5, 0.6) is 5.75 Å². The average molecular weight is 199 g/mol. The lowest BCUT2D eigenvalue weighted by atomic mass is 10.1. The maximum absolute atomic E-state index is 11.0. The molecule has 0 saturated carbocycles. The molecule has 0 atom stereocenters. The summed E-state index contributed by atoms with van der Waals surface area (Å²) >= 11 is 0. The van der Waals surface area contributed by atoms with Crippen LogP contribution in [0.1, 0.15) is 19.3 Å². The molecule has 0 aromatic heterocycles. The monoisotopic (exact) mass is 199 g/mol. The van der Waals surface area contributed by atoms with E-state index in [0.717, 1.165) is 0 Å². The smallest absolute Gasteiger partial charge is 0.309 e. The van der Waals surface area contributed by atoms with E-state index in [-0.39, 0.29) is 12.2 Å². The first-order valence-corrected chi connectivity index (χ1v) is 4.00. The van der Waals surface area contributed by atoms with Crippen molar-refractivity contribution in [1.82, 2.24) is 0 Å². The highest BCUT2D eigenvalue weighted by molar-refractivity contribution is 5.72. The molecule has 0 N–H and O–H groups in total. The van der Waals surface area contributed by atoms with E-state index in [1.165, 1.54) is 19.2 Å². The third-order valence-electron chi connectivity index (χ3n) is 1.67. The molecule has 3 heteroatoms. The second-order valence-corrected chi connectivity index (χ2v) is 2.60. The van der Waals surface area contributed by atoms with Gasteiger partial charge in [-0.2, -0.15) is 0 Å². The van der Waals surface area contributed by atoms with E-state index in [1.807, 2.05) is 0 Å². The van der Waals surface area contributed by atoms with Gasteiger partial charge in [-0.3, -0.25) is 4.79 Å². The van der Waals surface area contributed by atoms with Crippen LogP contribution in [0, 0.1) is 0 Å². The lowest BCUT2D eigenvalue weighted by Gasteiger charge is -2.03. The molecule has 1 rings (SSSR count). The lowest BCUT2D eigenvalue weighted by molar-refractivity contribution is -0.139. The molecule has 0 fully saturated rings. The Bertz CT molecular complexity index is 439. The summed E-state index contributed by atoms with van der Waals surface area (Å²) in [5, 5.41) is 0. The molecule has 0 amide bonds. The zero-order valence-electron chi connectivity index (χ0n) is 12.7. The van der Waals surface area contributed by atoms with E-state index in [1.54, 1.807) is 12.1 Å². The maximum Gasteiger partial charge on any atom is 0.309 e. The summed E-state index contributed by atoms with van der Waals surface area (Å²) in [6, 6.07) is 5.90. The van der Waals surface area contributed by atoms with E-state index in [2.05, 4.69) is 4.74 Å². The molecule has 0 saturated heterocycles. The number of benzene rings is 1. The van der Waals surface area contributed by atoms with Crippen LogP contribution < -0.4 is 4.74 Å². The molecule has 0 aliphatic carbocycles. The van der Waals surface area contributed by atoms with Gasteiger partial charge in [0.15, 0.2) is 0 Å². The first-order chi connectivity index (χ1) is 8.65. The molecule has 0 radical (unpaired) electrons. The van der Waals surface area contributed by atoms with E-state index < -0.39 is 19.4 Å². The molecule has 3 nitrogen and oxygen atoms in total. The Morgan fingerprint density at radius 2 is 2.21 bits per heavy atom. The topological polar surface area (TPSA) is 35.5 Å². The van der Waals surface area contributed by atoms with Gasteiger partial charge in [0, 0.05) is 4.11 Å². The van der Waals surface area contributed by atoms with Crippen LogP contribution >= 0.6 is 0 Å². The summed E-state index contributed by atoms with van der Waals surface area (Å²) in [7, 11) is 1.28. The predicted octanol–water partition coefficient (Wildman–Crippen LogP) is 1.80. The Morgan fingerprint density at radius 3 is 2.79 bits per heavy atom. The second-order valence-electron chi connectivity index (χ2n) is 2.60. The number of rotatable bonds is 4. The molecule has 0 heterocycles. The molecular formula is C11H14O3. The number of carbonyl (C=O) groups excluding carboxylic acids is 1. The summed E-state index contributed by atoms with van der Waals surface area (Å²) in [5.74, 6) is -0.318. The van der Waals surface area contributed by atoms with Crippen LogP contribution in [0.3, 0.4) is 0 Å². The van der Waals surface area contributed by atoms with Crippen LogP contribution in [-0.2, 0) is 16.0 Å². The van der Waals surface area contributed by atoms with Gasteiger partial charge >= 0.3 is 5.97 Å². The van der Waals surface area contributed by atoms with Crippen molar-refractivity contribution < 1.29 is 21.1 Å². The number of ether oxygens (including phenoxy) is 2. The van der Waals surface area contributed by atoms with Gasteiger partial charge in [0.05, 0.1) is 22.8 Å². The van der Waals surface area contributed by atoms with E-state index in [4.69, 9.17) is 11.6 Å². The van der Waals surface area contributed by atoms with Gasteiger partial charge in [-0.15, -0.1) is 0 Å². The zero-order valence-corrected chi connectivity index (χ0v) is 7.74. The van der Waals surface area contributed by atoms with Gasteiger partial charge in [0.1, 0.15) is 5.75 Å². The first-order valence-electron chi connectivity index (χ1n) is 6.50. The molecule has 0 unspecified atom stereocenters. The fourth-order valence-corrected chi connectivity index (χ4v) is 0.973. The Balaban J connectivity index is 2.75. The molecule has 0 spiro atoms. The van der Waals surface area contributed by atoms with Crippen LogP contribution in [0.25, 0.3) is 0 Å². The highest BCUT2D eigenvalue weighted by atomic mass is 16.5. The van der Waals surface area contributed by atoms with Crippen LogP contribution in [0.4, 0.5) is 0 Å². The summed E-state index contributed by atoms with van der Waals surface area (Å²) in [5.41, 5.74) is 0.661. The fourth-order valence-electron chi connectivity index (χ4n) is 0.973. The number of carbonyl (C=O) groups is 1. The highest BCUT2D eigenvalue weighted by Crippen LogP contribution is 2.12. The van der Waals surface area contributed by atoms with Gasteiger partial charge < -0.3 is 9.47 Å². The number of hydrogen-bond donors (Lipinski definition) is 0. The fraction of sp³-hybridized carbons (Fsp3) is 0.364. The predicted molar refractivity (Wildman–Crippen MR) is 53.3 cm³/mol. The number of methoxy groups -OCH3 is 1. The molecule has 0 aliphatic rings. The summed E-state index contributed by atoms with van der Waals surface area (Å²) in [6.45, 7) is -5.64. The number of hydrogen-bond acceptors (Lipinski definition) is 3. The normalized spacial score (nSPS) is 16.8. The quantitative estimate of drug-likeness (QED) is 0.694. The Hall–Kier alpha value is -1.51. The van der Waals surface area contributed by atoms with Gasteiger partial charge in [-0.05, 0) is 24.5 Å². The van der Waals surface area contributed by atoms with Gasteiger partial charge in [-0.25, -0.2) is 0 Å².